The third-order valence-electron chi connectivity index (χ3n) is 5.43. The number of nitrogens with one attached hydrogen (secondary N) is 1. The normalized spacial score (nSPS) is 11.8. The first kappa shape index (κ1) is 24.0. The molecule has 0 atom stereocenters. The van der Waals surface area contributed by atoms with Crippen LogP contribution in [-0.4, -0.2) is 32.2 Å². The average Bonchev–Trinajstić information content (AvgIpc) is 2.78. The van der Waals surface area contributed by atoms with E-state index in [1.807, 2.05) is 36.4 Å². The molecule has 32 heavy (non-hydrogen) atoms. The van der Waals surface area contributed by atoms with E-state index in [1.165, 1.54) is 6.07 Å². The molecule has 0 aliphatic carbocycles. The van der Waals surface area contributed by atoms with E-state index >= 15 is 0 Å². The minimum atomic E-state index is -3.64. The Morgan fingerprint density at radius 1 is 0.938 bits per heavy atom. The second kappa shape index (κ2) is 10.8. The molecule has 5 nitrogen and oxygen atoms in total. The van der Waals surface area contributed by atoms with Crippen molar-refractivity contribution in [3.05, 3.63) is 71.5 Å². The third kappa shape index (κ3) is 5.78. The summed E-state index contributed by atoms with van der Waals surface area (Å²) in [6, 6.07) is 16.5. The van der Waals surface area contributed by atoms with Gasteiger partial charge >= 0.3 is 0 Å². The molecule has 0 fully saturated rings. The van der Waals surface area contributed by atoms with E-state index in [9.17, 15) is 12.8 Å². The van der Waals surface area contributed by atoms with Gasteiger partial charge in [0.2, 0.25) is 10.0 Å². The number of benzene rings is 3. The van der Waals surface area contributed by atoms with Gasteiger partial charge < -0.3 is 4.74 Å². The van der Waals surface area contributed by atoms with Gasteiger partial charge in [0, 0.05) is 22.9 Å². The smallest absolute Gasteiger partial charge is 0.232 e. The van der Waals surface area contributed by atoms with E-state index in [2.05, 4.69) is 23.5 Å². The first-order valence-electron chi connectivity index (χ1n) is 11.0. The zero-order valence-corrected chi connectivity index (χ0v) is 19.7. The van der Waals surface area contributed by atoms with E-state index in [-0.39, 0.29) is 11.4 Å². The van der Waals surface area contributed by atoms with Crippen molar-refractivity contribution in [2.75, 3.05) is 23.6 Å². The molecular weight excluding hydrogens is 427 g/mol. The summed E-state index contributed by atoms with van der Waals surface area (Å²) >= 11 is 0. The molecule has 0 unspecified atom stereocenters. The van der Waals surface area contributed by atoms with Crippen molar-refractivity contribution in [1.82, 2.24) is 4.90 Å². The second-order valence-electron chi connectivity index (χ2n) is 7.73. The molecule has 0 amide bonds. The highest BCUT2D eigenvalue weighted by atomic mass is 32.2. The Morgan fingerprint density at radius 3 is 2.28 bits per heavy atom. The monoisotopic (exact) mass is 458 g/mol. The second-order valence-corrected chi connectivity index (χ2v) is 9.57. The number of sulfonamides is 1. The highest BCUT2D eigenvalue weighted by Crippen LogP contribution is 2.37. The van der Waals surface area contributed by atoms with Crippen LogP contribution in [0.3, 0.4) is 0 Å². The maximum absolute atomic E-state index is 14.7. The van der Waals surface area contributed by atoms with Gasteiger partial charge in [0.25, 0.3) is 0 Å². The number of hydrogen-bond acceptors (Lipinski definition) is 4. The fourth-order valence-electron chi connectivity index (χ4n) is 3.69. The molecule has 0 aliphatic rings. The van der Waals surface area contributed by atoms with Gasteiger partial charge in [-0.15, -0.1) is 0 Å². The molecular formula is C25H31FN2O3S. The lowest BCUT2D eigenvalue weighted by Gasteiger charge is -2.22. The Kier molecular flexibility index (Phi) is 8.10. The molecule has 1 N–H and O–H groups in total. The van der Waals surface area contributed by atoms with Crippen LogP contribution < -0.4 is 9.46 Å². The summed E-state index contributed by atoms with van der Waals surface area (Å²) in [5.74, 6) is -0.0304. The van der Waals surface area contributed by atoms with Crippen LogP contribution in [0, 0.1) is 5.82 Å². The van der Waals surface area contributed by atoms with Crippen molar-refractivity contribution < 1.29 is 17.5 Å². The van der Waals surface area contributed by atoms with Crippen molar-refractivity contribution >= 4 is 26.5 Å². The van der Waals surface area contributed by atoms with Gasteiger partial charge in [0.05, 0.1) is 11.4 Å². The first-order chi connectivity index (χ1) is 15.4. The molecule has 7 heteroatoms. The summed E-state index contributed by atoms with van der Waals surface area (Å²) in [4.78, 5) is 2.27. The summed E-state index contributed by atoms with van der Waals surface area (Å²) in [5.41, 5.74) is 1.96. The highest BCUT2D eigenvalue weighted by molar-refractivity contribution is 7.92. The van der Waals surface area contributed by atoms with Crippen LogP contribution in [-0.2, 0) is 23.2 Å². The van der Waals surface area contributed by atoms with Crippen molar-refractivity contribution in [3.63, 3.8) is 0 Å². The SMILES string of the molecule is CCCS(=O)(=O)Nc1c(F)ccc2c(OCc3ccccc3)c(CN(CC)CC)ccc12. The molecule has 3 aromatic carbocycles. The molecule has 0 aromatic heterocycles. The average molecular weight is 459 g/mol. The van der Waals surface area contributed by atoms with Crippen LogP contribution in [0.4, 0.5) is 10.1 Å². The highest BCUT2D eigenvalue weighted by Gasteiger charge is 2.19. The largest absolute Gasteiger partial charge is 0.488 e. The summed E-state index contributed by atoms with van der Waals surface area (Å²) in [6.45, 7) is 8.79. The van der Waals surface area contributed by atoms with E-state index in [4.69, 9.17) is 4.74 Å². The molecule has 0 saturated carbocycles. The van der Waals surface area contributed by atoms with Crippen LogP contribution in [0.25, 0.3) is 10.8 Å². The lowest BCUT2D eigenvalue weighted by atomic mass is 10.0. The van der Waals surface area contributed by atoms with Gasteiger partial charge in [-0.05, 0) is 37.2 Å². The summed E-state index contributed by atoms with van der Waals surface area (Å²) in [7, 11) is -3.64. The molecule has 0 heterocycles. The molecule has 0 aliphatic heterocycles. The van der Waals surface area contributed by atoms with Crippen molar-refractivity contribution in [3.8, 4) is 5.75 Å². The van der Waals surface area contributed by atoms with Gasteiger partial charge in [0.1, 0.15) is 18.2 Å². The Hall–Kier alpha value is -2.64. The van der Waals surface area contributed by atoms with Crippen LogP contribution >= 0.6 is 0 Å². The zero-order valence-electron chi connectivity index (χ0n) is 18.9. The van der Waals surface area contributed by atoms with Crippen LogP contribution in [0.5, 0.6) is 5.75 Å². The van der Waals surface area contributed by atoms with E-state index in [0.29, 0.717) is 36.1 Å². The summed E-state index contributed by atoms with van der Waals surface area (Å²) in [6.07, 6.45) is 0.446. The Balaban J connectivity index is 2.10. The van der Waals surface area contributed by atoms with Crippen LogP contribution in [0.1, 0.15) is 38.3 Å². The maximum atomic E-state index is 14.7. The topological polar surface area (TPSA) is 58.6 Å². The third-order valence-corrected chi connectivity index (χ3v) is 6.89. The van der Waals surface area contributed by atoms with Gasteiger partial charge in [0.15, 0.2) is 0 Å². The molecule has 172 valence electrons. The standard InChI is InChI=1S/C25H31FN2O3S/c1-4-16-32(29,30)27-24-21-13-12-20(17-28(5-2)6-3)25(22(21)14-15-23(24)26)31-18-19-10-8-7-9-11-19/h7-15,27H,4-6,16-18H2,1-3H3. The fraction of sp³-hybridized carbons (Fsp3) is 0.360. The Morgan fingerprint density at radius 2 is 1.62 bits per heavy atom. The summed E-state index contributed by atoms with van der Waals surface area (Å²) in [5, 5.41) is 1.16. The number of halogens is 1. The molecule has 0 spiro atoms. The van der Waals surface area contributed by atoms with Crippen LogP contribution in [0.2, 0.25) is 0 Å². The van der Waals surface area contributed by atoms with Crippen molar-refractivity contribution in [1.29, 1.82) is 0 Å². The van der Waals surface area contributed by atoms with E-state index in [0.717, 1.165) is 24.2 Å². The number of nitrogens with zero attached hydrogens (tertiary/aromatic N) is 1. The zero-order chi connectivity index (χ0) is 23.1. The van der Waals surface area contributed by atoms with Crippen molar-refractivity contribution in [2.24, 2.45) is 0 Å². The number of rotatable bonds is 11. The Bertz CT molecular complexity index is 1150. The molecule has 0 saturated heterocycles. The van der Waals surface area contributed by atoms with Crippen molar-refractivity contribution in [2.45, 2.75) is 40.3 Å². The van der Waals surface area contributed by atoms with Gasteiger partial charge in [-0.2, -0.15) is 0 Å². The lowest BCUT2D eigenvalue weighted by molar-refractivity contribution is 0.274. The van der Waals surface area contributed by atoms with E-state index in [1.54, 1.807) is 19.1 Å². The van der Waals surface area contributed by atoms with Gasteiger partial charge in [-0.25, -0.2) is 12.8 Å². The minimum Gasteiger partial charge on any atom is -0.488 e. The predicted molar refractivity (Wildman–Crippen MR) is 129 cm³/mol. The van der Waals surface area contributed by atoms with Gasteiger partial charge in [-0.1, -0.05) is 63.2 Å². The number of fused-ring (bicyclic) bond motifs is 1. The predicted octanol–water partition coefficient (Wildman–Crippen LogP) is 5.55. The first-order valence-corrected chi connectivity index (χ1v) is 12.7. The van der Waals surface area contributed by atoms with E-state index < -0.39 is 15.8 Å². The summed E-state index contributed by atoms with van der Waals surface area (Å²) < 4.78 is 48.2. The number of hydrogen-bond donors (Lipinski definition) is 1. The molecule has 3 aromatic rings. The molecule has 0 radical (unpaired) electrons. The van der Waals surface area contributed by atoms with Crippen LogP contribution in [0.15, 0.2) is 54.6 Å². The quantitative estimate of drug-likeness (QED) is 0.409. The molecule has 3 rings (SSSR count). The fourth-order valence-corrected chi connectivity index (χ4v) is 4.85. The molecule has 0 bridgehead atoms. The number of ether oxygens (including phenoxy) is 1. The Labute approximate surface area is 190 Å². The maximum Gasteiger partial charge on any atom is 0.232 e. The van der Waals surface area contributed by atoms with Gasteiger partial charge in [-0.3, -0.25) is 9.62 Å². The number of anilines is 1. The minimum absolute atomic E-state index is 0.0325. The lowest BCUT2D eigenvalue weighted by Crippen LogP contribution is -2.22.